The van der Waals surface area contributed by atoms with Crippen LogP contribution < -0.4 is 16.4 Å². The smallest absolute Gasteiger partial charge is 0.543 e. The Balaban J connectivity index is -0.000000125. The van der Waals surface area contributed by atoms with Crippen molar-refractivity contribution in [3.05, 3.63) is 0 Å². The molecule has 5 nitrogen and oxygen atoms in total. The molecule has 0 fully saturated rings. The van der Waals surface area contributed by atoms with Gasteiger partial charge in [-0.2, -0.15) is 0 Å². The fraction of sp³-hybridized carbons (Fsp3) is 0. The summed E-state index contributed by atoms with van der Waals surface area (Å²) >= 11 is 0. The number of carboxylic acids is 2. The van der Waals surface area contributed by atoms with Crippen LogP contribution in [-0.2, 0) is 31.3 Å². The van der Waals surface area contributed by atoms with Crippen molar-refractivity contribution in [2.75, 3.05) is 0 Å². The molecule has 0 aromatic heterocycles. The summed E-state index contributed by atoms with van der Waals surface area (Å²) in [6, 6.07) is 0. The van der Waals surface area contributed by atoms with E-state index in [1.807, 2.05) is 0 Å². The molecule has 0 unspecified atom stereocenters. The Kier molecular flexibility index (Phi) is 12.9. The van der Waals surface area contributed by atoms with Gasteiger partial charge in [0.05, 0.1) is 11.9 Å². The number of quaternary nitrogens is 1. The molecule has 0 aromatic carbocycles. The SMILES string of the molecule is O=C([O-])C(=O)[O-].[NH4+].[Ti+4]. The van der Waals surface area contributed by atoms with Crippen LogP contribution in [0.15, 0.2) is 0 Å². The summed E-state index contributed by atoms with van der Waals surface area (Å²) in [4.78, 5) is 17.9. The van der Waals surface area contributed by atoms with Gasteiger partial charge in [-0.25, -0.2) is 0 Å². The zero-order valence-corrected chi connectivity index (χ0v) is 5.69. The normalized spacial score (nSPS) is 5.50. The Morgan fingerprint density at radius 2 is 1.12 bits per heavy atom. The maximum absolute atomic E-state index is 8.93. The zero-order valence-electron chi connectivity index (χ0n) is 4.13. The van der Waals surface area contributed by atoms with Crippen LogP contribution in [0.3, 0.4) is 0 Å². The summed E-state index contributed by atoms with van der Waals surface area (Å²) < 4.78 is 0. The predicted octanol–water partition coefficient (Wildman–Crippen LogP) is -3.14. The third-order valence-electron chi connectivity index (χ3n) is 0.167. The minimum absolute atomic E-state index is 0. The monoisotopic (exact) mass is 154 g/mol. The first kappa shape index (κ1) is 15.6. The van der Waals surface area contributed by atoms with E-state index < -0.39 is 11.9 Å². The molecule has 42 valence electrons. The van der Waals surface area contributed by atoms with Crippen molar-refractivity contribution in [2.45, 2.75) is 0 Å². The molecule has 0 radical (unpaired) electrons. The van der Waals surface area contributed by atoms with Crippen LogP contribution in [-0.4, -0.2) is 11.9 Å². The number of aliphatic carboxylic acids is 2. The number of carbonyl (C=O) groups excluding carboxylic acids is 2. The summed E-state index contributed by atoms with van der Waals surface area (Å²) in [5.74, 6) is -4.37. The van der Waals surface area contributed by atoms with Gasteiger partial charge in [0.15, 0.2) is 0 Å². The van der Waals surface area contributed by atoms with Gasteiger partial charge in [-0.3, -0.25) is 0 Å². The third-order valence-corrected chi connectivity index (χ3v) is 0.167. The van der Waals surface area contributed by atoms with E-state index in [1.54, 1.807) is 0 Å². The molecule has 8 heavy (non-hydrogen) atoms. The molecular formula is C2H4NO4Ti+3. The van der Waals surface area contributed by atoms with E-state index in [0.717, 1.165) is 0 Å². The summed E-state index contributed by atoms with van der Waals surface area (Å²) in [7, 11) is 0. The summed E-state index contributed by atoms with van der Waals surface area (Å²) in [6.07, 6.45) is 0. The summed E-state index contributed by atoms with van der Waals surface area (Å²) in [5.41, 5.74) is 0. The van der Waals surface area contributed by atoms with E-state index in [9.17, 15) is 0 Å². The maximum Gasteiger partial charge on any atom is 4.00 e. The quantitative estimate of drug-likeness (QED) is 0.293. The van der Waals surface area contributed by atoms with E-state index in [4.69, 9.17) is 19.8 Å². The average Bonchev–Trinajstić information content (AvgIpc) is 1.36. The Morgan fingerprint density at radius 3 is 1.12 bits per heavy atom. The minimum atomic E-state index is -2.19. The Hall–Kier alpha value is -0.386. The second kappa shape index (κ2) is 6.61. The van der Waals surface area contributed by atoms with Crippen LogP contribution in [0.25, 0.3) is 0 Å². The van der Waals surface area contributed by atoms with Crippen molar-refractivity contribution in [2.24, 2.45) is 0 Å². The molecule has 0 rings (SSSR count). The van der Waals surface area contributed by atoms with Gasteiger partial charge in [0.2, 0.25) is 0 Å². The van der Waals surface area contributed by atoms with Gasteiger partial charge < -0.3 is 26.0 Å². The van der Waals surface area contributed by atoms with Crippen LogP contribution >= 0.6 is 0 Å². The van der Waals surface area contributed by atoms with E-state index in [-0.39, 0.29) is 27.9 Å². The fourth-order valence-corrected chi connectivity index (χ4v) is 0. The van der Waals surface area contributed by atoms with Crippen LogP contribution in [0.1, 0.15) is 0 Å². The summed E-state index contributed by atoms with van der Waals surface area (Å²) in [6.45, 7) is 0. The molecule has 0 saturated carbocycles. The first-order valence-corrected chi connectivity index (χ1v) is 1.07. The van der Waals surface area contributed by atoms with Gasteiger partial charge in [0.25, 0.3) is 0 Å². The largest absolute Gasteiger partial charge is 4.00 e. The number of carbonyl (C=O) groups is 2. The van der Waals surface area contributed by atoms with E-state index in [1.165, 1.54) is 0 Å². The third kappa shape index (κ3) is 9.15. The molecule has 0 aromatic rings. The molecule has 0 spiro atoms. The first-order chi connectivity index (χ1) is 2.64. The maximum atomic E-state index is 8.93. The number of hydrogen-bond acceptors (Lipinski definition) is 4. The van der Waals surface area contributed by atoms with Crippen LogP contribution in [0, 0.1) is 0 Å². The Labute approximate surface area is 60.2 Å². The molecular weight excluding hydrogens is 150 g/mol. The Bertz CT molecular complexity index is 80.0. The predicted molar refractivity (Wildman–Crippen MR) is 16.0 cm³/mol. The van der Waals surface area contributed by atoms with E-state index >= 15 is 0 Å². The number of rotatable bonds is 0. The first-order valence-electron chi connectivity index (χ1n) is 1.07. The van der Waals surface area contributed by atoms with Crippen molar-refractivity contribution in [1.82, 2.24) is 6.15 Å². The molecule has 4 N–H and O–H groups in total. The van der Waals surface area contributed by atoms with Crippen molar-refractivity contribution >= 4 is 11.9 Å². The molecule has 6 heteroatoms. The van der Waals surface area contributed by atoms with Gasteiger partial charge in [-0.05, 0) is 0 Å². The second-order valence-corrected chi connectivity index (χ2v) is 0.575. The van der Waals surface area contributed by atoms with Crippen LogP contribution in [0.5, 0.6) is 0 Å². The molecule has 0 aliphatic rings. The molecule has 0 bridgehead atoms. The molecule has 0 aliphatic heterocycles. The average molecular weight is 154 g/mol. The number of hydrogen-bond donors (Lipinski definition) is 1. The summed E-state index contributed by atoms with van der Waals surface area (Å²) in [5, 5.41) is 17.9. The van der Waals surface area contributed by atoms with Gasteiger partial charge in [0, 0.05) is 0 Å². The van der Waals surface area contributed by atoms with E-state index in [0.29, 0.717) is 0 Å². The van der Waals surface area contributed by atoms with Crippen LogP contribution in [0.2, 0.25) is 0 Å². The van der Waals surface area contributed by atoms with E-state index in [2.05, 4.69) is 0 Å². The van der Waals surface area contributed by atoms with Crippen molar-refractivity contribution in [3.63, 3.8) is 0 Å². The van der Waals surface area contributed by atoms with Crippen molar-refractivity contribution in [3.8, 4) is 0 Å². The zero-order chi connectivity index (χ0) is 5.15. The standard InChI is InChI=1S/C2H2O4.H3N.Ti/c3-1(4)2(5)6;;/h(H,3,4)(H,5,6);1H3;/q;;+4/p-1. The van der Waals surface area contributed by atoms with Gasteiger partial charge in [0.1, 0.15) is 0 Å². The molecule has 0 heterocycles. The minimum Gasteiger partial charge on any atom is -0.543 e. The second-order valence-electron chi connectivity index (χ2n) is 0.575. The Morgan fingerprint density at radius 1 is 1.00 bits per heavy atom. The molecule has 0 atom stereocenters. The van der Waals surface area contributed by atoms with Crippen LogP contribution in [0.4, 0.5) is 0 Å². The van der Waals surface area contributed by atoms with Gasteiger partial charge in [-0.1, -0.05) is 0 Å². The van der Waals surface area contributed by atoms with Crippen molar-refractivity contribution in [1.29, 1.82) is 0 Å². The topological polar surface area (TPSA) is 117 Å². The van der Waals surface area contributed by atoms with Gasteiger partial charge >= 0.3 is 21.7 Å². The molecule has 0 aliphatic carbocycles. The van der Waals surface area contributed by atoms with Crippen molar-refractivity contribution < 1.29 is 41.5 Å². The molecule has 0 amide bonds. The fourth-order valence-electron chi connectivity index (χ4n) is 0. The van der Waals surface area contributed by atoms with Gasteiger partial charge in [-0.15, -0.1) is 0 Å². The molecule has 0 saturated heterocycles. The number of carboxylic acid groups (broad SMARTS) is 2.